The molecule has 2 heterocycles. The minimum Gasteiger partial charge on any atom is -0.376 e. The first kappa shape index (κ1) is 28.2. The van der Waals surface area contributed by atoms with Crippen molar-refractivity contribution in [2.24, 2.45) is 0 Å². The number of rotatable bonds is 3. The maximum absolute atomic E-state index is 2.59. The molecule has 0 unspecified atom stereocenters. The van der Waals surface area contributed by atoms with Gasteiger partial charge in [0.15, 0.2) is 0 Å². The maximum atomic E-state index is 2.59. The predicted octanol–water partition coefficient (Wildman–Crippen LogP) is 10.2. The quantitative estimate of drug-likeness (QED) is 0.185. The van der Waals surface area contributed by atoms with Crippen LogP contribution in [-0.2, 0) is 18.3 Å². The number of nitrogens with zero attached hydrogens (tertiary/aromatic N) is 2. The van der Waals surface area contributed by atoms with Gasteiger partial charge in [-0.1, -0.05) is 118 Å². The Hall–Kier alpha value is -5.02. The van der Waals surface area contributed by atoms with Gasteiger partial charge in [-0.05, 0) is 106 Å². The standard InChI is InChI=1S/C44H39BN2/c1-44(2,3)32-25-27-33(28-26-32)47-38-21-11-9-18-35(38)36-19-13-23-41-43(36)45(47)37-20-10-12-22-39(37)46(41)40-29-24-30-14-7-8-17-34(30)42(40)31-15-5-4-6-16-31/h4-6,9-13,15-16,18-29H,7-8,14,17H2,1-3H3. The number of aryl methyl sites for hydroxylation is 1. The normalized spacial score (nSPS) is 14.7. The van der Waals surface area contributed by atoms with E-state index in [4.69, 9.17) is 0 Å². The van der Waals surface area contributed by atoms with Gasteiger partial charge in [-0.3, -0.25) is 0 Å². The molecule has 2 nitrogen and oxygen atoms in total. The van der Waals surface area contributed by atoms with Gasteiger partial charge < -0.3 is 9.71 Å². The number of hydrogen-bond acceptors (Lipinski definition) is 2. The Morgan fingerprint density at radius 2 is 1.23 bits per heavy atom. The van der Waals surface area contributed by atoms with Gasteiger partial charge in [-0.15, -0.1) is 0 Å². The molecule has 0 N–H and O–H groups in total. The number of anilines is 5. The molecular formula is C44H39BN2. The lowest BCUT2D eigenvalue weighted by molar-refractivity contribution is 0.590. The highest BCUT2D eigenvalue weighted by Gasteiger charge is 2.45. The third-order valence-corrected chi connectivity index (χ3v) is 10.6. The van der Waals surface area contributed by atoms with Crippen molar-refractivity contribution >= 4 is 46.2 Å². The summed E-state index contributed by atoms with van der Waals surface area (Å²) in [6.07, 6.45) is 4.81. The summed E-state index contributed by atoms with van der Waals surface area (Å²) in [5, 5.41) is 0. The van der Waals surface area contributed by atoms with Gasteiger partial charge in [0.25, 0.3) is 0 Å². The summed E-state index contributed by atoms with van der Waals surface area (Å²) < 4.78 is 0. The summed E-state index contributed by atoms with van der Waals surface area (Å²) in [5.74, 6) is 0. The van der Waals surface area contributed by atoms with Gasteiger partial charge in [0, 0.05) is 33.9 Å². The molecule has 0 saturated heterocycles. The van der Waals surface area contributed by atoms with E-state index in [0.29, 0.717) is 0 Å². The van der Waals surface area contributed by atoms with Crippen LogP contribution >= 0.6 is 0 Å². The van der Waals surface area contributed by atoms with E-state index >= 15 is 0 Å². The first-order chi connectivity index (χ1) is 23.0. The third-order valence-electron chi connectivity index (χ3n) is 10.6. The van der Waals surface area contributed by atoms with Crippen LogP contribution in [0.3, 0.4) is 0 Å². The van der Waals surface area contributed by atoms with Crippen LogP contribution in [0.15, 0.2) is 133 Å². The Kier molecular flexibility index (Phi) is 6.47. The summed E-state index contributed by atoms with van der Waals surface area (Å²) in [4.78, 5) is 5.17. The largest absolute Gasteiger partial charge is 0.376 e. The van der Waals surface area contributed by atoms with Crippen LogP contribution < -0.4 is 20.6 Å². The fourth-order valence-electron chi connectivity index (χ4n) is 8.40. The van der Waals surface area contributed by atoms with Crippen LogP contribution in [0.5, 0.6) is 0 Å². The van der Waals surface area contributed by atoms with Crippen molar-refractivity contribution in [1.82, 2.24) is 0 Å². The van der Waals surface area contributed by atoms with Crippen LogP contribution in [0.1, 0.15) is 50.3 Å². The van der Waals surface area contributed by atoms with E-state index in [1.54, 1.807) is 0 Å². The molecule has 0 fully saturated rings. The molecule has 0 radical (unpaired) electrons. The molecule has 6 aromatic carbocycles. The van der Waals surface area contributed by atoms with Crippen molar-refractivity contribution in [2.45, 2.75) is 51.9 Å². The molecule has 0 saturated carbocycles. The second kappa shape index (κ2) is 10.8. The molecular weight excluding hydrogens is 567 g/mol. The van der Waals surface area contributed by atoms with Crippen molar-refractivity contribution in [3.63, 3.8) is 0 Å². The highest BCUT2D eigenvalue weighted by molar-refractivity contribution is 6.93. The van der Waals surface area contributed by atoms with Gasteiger partial charge >= 0.3 is 6.85 Å². The number of fused-ring (bicyclic) bond motifs is 5. The zero-order valence-electron chi connectivity index (χ0n) is 27.5. The average molecular weight is 607 g/mol. The maximum Gasteiger partial charge on any atom is 0.333 e. The number of para-hydroxylation sites is 2. The molecule has 47 heavy (non-hydrogen) atoms. The molecule has 0 atom stereocenters. The molecule has 2 aliphatic heterocycles. The Balaban J connectivity index is 1.33. The molecule has 1 aliphatic carbocycles. The molecule has 0 spiro atoms. The lowest BCUT2D eigenvalue weighted by Gasteiger charge is -2.46. The second-order valence-corrected chi connectivity index (χ2v) is 14.4. The highest BCUT2D eigenvalue weighted by atomic mass is 15.2. The molecule has 3 aliphatic rings. The lowest BCUT2D eigenvalue weighted by Crippen LogP contribution is -2.61. The fraction of sp³-hybridized carbons (Fsp3) is 0.182. The first-order valence-electron chi connectivity index (χ1n) is 17.2. The number of hydrogen-bond donors (Lipinski definition) is 0. The molecule has 6 aromatic rings. The summed E-state index contributed by atoms with van der Waals surface area (Å²) in [7, 11) is 0. The van der Waals surface area contributed by atoms with Gasteiger partial charge in [0.05, 0.1) is 5.69 Å². The van der Waals surface area contributed by atoms with Gasteiger partial charge in [-0.2, -0.15) is 0 Å². The minimum atomic E-state index is 0.0434. The molecule has 3 heteroatoms. The SMILES string of the molecule is CC(C)(C)c1ccc(N2B3c4ccccc4N(c4ccc5c(c4-c4ccccc4)CCCC5)c4cccc(c43)-c3ccccc32)cc1. The fourth-order valence-corrected chi connectivity index (χ4v) is 8.40. The molecule has 0 bridgehead atoms. The smallest absolute Gasteiger partial charge is 0.333 e. The molecule has 9 rings (SSSR count). The summed E-state index contributed by atoms with van der Waals surface area (Å²) in [6, 6.07) is 50.3. The minimum absolute atomic E-state index is 0.0434. The van der Waals surface area contributed by atoms with Gasteiger partial charge in [0.1, 0.15) is 0 Å². The molecule has 228 valence electrons. The summed E-state index contributed by atoms with van der Waals surface area (Å²) in [5.41, 5.74) is 18.8. The van der Waals surface area contributed by atoms with Crippen molar-refractivity contribution < 1.29 is 0 Å². The van der Waals surface area contributed by atoms with E-state index in [1.807, 2.05) is 0 Å². The van der Waals surface area contributed by atoms with E-state index in [9.17, 15) is 0 Å². The first-order valence-corrected chi connectivity index (χ1v) is 17.2. The van der Waals surface area contributed by atoms with E-state index < -0.39 is 0 Å². The zero-order chi connectivity index (χ0) is 31.7. The molecule has 0 aromatic heterocycles. The van der Waals surface area contributed by atoms with Crippen LogP contribution in [0.2, 0.25) is 0 Å². The van der Waals surface area contributed by atoms with E-state index in [1.165, 1.54) is 91.1 Å². The summed E-state index contributed by atoms with van der Waals surface area (Å²) in [6.45, 7) is 6.91. The third kappa shape index (κ3) is 4.40. The van der Waals surface area contributed by atoms with Crippen molar-refractivity contribution in [3.05, 3.63) is 150 Å². The van der Waals surface area contributed by atoms with Gasteiger partial charge in [-0.25, -0.2) is 0 Å². The highest BCUT2D eigenvalue weighted by Crippen LogP contribution is 2.49. The van der Waals surface area contributed by atoms with E-state index in [-0.39, 0.29) is 12.3 Å². The topological polar surface area (TPSA) is 6.48 Å². The monoisotopic (exact) mass is 606 g/mol. The van der Waals surface area contributed by atoms with Crippen LogP contribution in [-0.4, -0.2) is 6.85 Å². The number of benzene rings is 6. The van der Waals surface area contributed by atoms with E-state index in [0.717, 1.165) is 12.8 Å². The van der Waals surface area contributed by atoms with Crippen LogP contribution in [0, 0.1) is 0 Å². The second-order valence-electron chi connectivity index (χ2n) is 14.4. The van der Waals surface area contributed by atoms with Crippen LogP contribution in [0.4, 0.5) is 28.4 Å². The lowest BCUT2D eigenvalue weighted by atomic mass is 9.43. The van der Waals surface area contributed by atoms with Crippen molar-refractivity contribution in [1.29, 1.82) is 0 Å². The Morgan fingerprint density at radius 1 is 0.553 bits per heavy atom. The van der Waals surface area contributed by atoms with Crippen LogP contribution in [0.25, 0.3) is 22.3 Å². The van der Waals surface area contributed by atoms with Gasteiger partial charge in [0.2, 0.25) is 0 Å². The average Bonchev–Trinajstić information content (AvgIpc) is 3.11. The zero-order valence-corrected chi connectivity index (χ0v) is 27.5. The molecule has 0 amide bonds. The predicted molar refractivity (Wildman–Crippen MR) is 201 cm³/mol. The van der Waals surface area contributed by atoms with Crippen molar-refractivity contribution in [2.75, 3.05) is 9.71 Å². The van der Waals surface area contributed by atoms with Crippen molar-refractivity contribution in [3.8, 4) is 22.3 Å². The summed E-state index contributed by atoms with van der Waals surface area (Å²) >= 11 is 0. The Morgan fingerprint density at radius 3 is 2.04 bits per heavy atom. The van der Waals surface area contributed by atoms with E-state index in [2.05, 4.69) is 164 Å². The Bertz CT molecular complexity index is 2140. The Labute approximate surface area is 279 Å².